The highest BCUT2D eigenvalue weighted by atomic mass is 79.9. The van der Waals surface area contributed by atoms with Crippen LogP contribution < -0.4 is 10.1 Å². The fraction of sp³-hybridized carbons (Fsp3) is 0.571. The van der Waals surface area contributed by atoms with Crippen LogP contribution in [0.2, 0.25) is 0 Å². The van der Waals surface area contributed by atoms with E-state index in [9.17, 15) is 18.3 Å². The summed E-state index contributed by atoms with van der Waals surface area (Å²) in [5.74, 6) is 0.0454. The van der Waals surface area contributed by atoms with E-state index in [4.69, 9.17) is 4.74 Å². The van der Waals surface area contributed by atoms with Gasteiger partial charge in [-0.3, -0.25) is 4.90 Å². The van der Waals surface area contributed by atoms with E-state index in [0.717, 1.165) is 0 Å². The van der Waals surface area contributed by atoms with Crippen molar-refractivity contribution >= 4 is 28.3 Å². The molecule has 9 heteroatoms. The topological polar surface area (TPSA) is 44.7 Å². The molecule has 0 saturated carbocycles. The van der Waals surface area contributed by atoms with Gasteiger partial charge in [0.25, 0.3) is 0 Å². The Hall–Kier alpha value is -0.700. The van der Waals surface area contributed by atoms with Gasteiger partial charge in [-0.15, -0.1) is 12.4 Å². The van der Waals surface area contributed by atoms with Gasteiger partial charge in [0.15, 0.2) is 11.5 Å². The highest BCUT2D eigenvalue weighted by Gasteiger charge is 2.36. The van der Waals surface area contributed by atoms with Gasteiger partial charge in [-0.1, -0.05) is 0 Å². The number of phenols is 1. The van der Waals surface area contributed by atoms with Crippen LogP contribution in [-0.2, 0) is 0 Å². The molecular formula is C14H19BrClF3N2O2. The number of hydrogen-bond acceptors (Lipinski definition) is 4. The largest absolute Gasteiger partial charge is 0.503 e. The van der Waals surface area contributed by atoms with E-state index in [1.54, 1.807) is 0 Å². The van der Waals surface area contributed by atoms with Crippen molar-refractivity contribution in [2.45, 2.75) is 18.6 Å². The van der Waals surface area contributed by atoms with Crippen molar-refractivity contribution in [1.82, 2.24) is 10.2 Å². The Morgan fingerprint density at radius 2 is 1.96 bits per heavy atom. The van der Waals surface area contributed by atoms with Crippen LogP contribution in [0.3, 0.4) is 0 Å². The maximum absolute atomic E-state index is 13.0. The van der Waals surface area contributed by atoms with Gasteiger partial charge in [-0.25, -0.2) is 0 Å². The minimum atomic E-state index is -4.27. The lowest BCUT2D eigenvalue weighted by Crippen LogP contribution is -2.46. The number of aromatic hydroxyl groups is 1. The predicted octanol–water partition coefficient (Wildman–Crippen LogP) is 3.48. The van der Waals surface area contributed by atoms with E-state index < -0.39 is 18.6 Å². The van der Waals surface area contributed by atoms with E-state index >= 15 is 0 Å². The molecule has 2 N–H and O–H groups in total. The number of phenolic OH excluding ortho intramolecular Hbond substituents is 1. The number of nitrogens with zero attached hydrogens (tertiary/aromatic N) is 1. The molecule has 0 radical (unpaired) electrons. The Morgan fingerprint density at radius 3 is 2.48 bits per heavy atom. The molecule has 0 aliphatic carbocycles. The standard InChI is InChI=1S/C14H18BrF3N2O2.ClH/c1-22-12-7-9(6-10(15)13(12)21)11(8-14(16,17)18)20-4-2-19-3-5-20;/h6-7,11,19,21H,2-5,8H2,1H3;1H/t11-;/m0./s1. The minimum absolute atomic E-state index is 0. The fourth-order valence-electron chi connectivity index (χ4n) is 2.61. The first kappa shape index (κ1) is 20.3. The number of methoxy groups -OCH3 is 1. The van der Waals surface area contributed by atoms with Gasteiger partial charge < -0.3 is 15.2 Å². The first-order valence-electron chi connectivity index (χ1n) is 6.89. The molecule has 1 saturated heterocycles. The van der Waals surface area contributed by atoms with E-state index in [-0.39, 0.29) is 23.9 Å². The van der Waals surface area contributed by atoms with Crippen molar-refractivity contribution < 1.29 is 23.0 Å². The van der Waals surface area contributed by atoms with Gasteiger partial charge in [0, 0.05) is 32.2 Å². The van der Waals surface area contributed by atoms with Crippen molar-refractivity contribution in [2.75, 3.05) is 33.3 Å². The normalized spacial score (nSPS) is 17.4. The number of halogens is 5. The lowest BCUT2D eigenvalue weighted by atomic mass is 10.00. The van der Waals surface area contributed by atoms with Crippen molar-refractivity contribution in [3.63, 3.8) is 0 Å². The molecule has 0 spiro atoms. The second-order valence-corrected chi connectivity index (χ2v) is 6.03. The van der Waals surface area contributed by atoms with Crippen LogP contribution in [0.5, 0.6) is 11.5 Å². The van der Waals surface area contributed by atoms with Crippen LogP contribution in [0, 0.1) is 0 Å². The third-order valence-electron chi connectivity index (χ3n) is 3.67. The summed E-state index contributed by atoms with van der Waals surface area (Å²) in [5, 5.41) is 13.0. The van der Waals surface area contributed by atoms with Crippen LogP contribution in [0.15, 0.2) is 16.6 Å². The Morgan fingerprint density at radius 1 is 1.35 bits per heavy atom. The second kappa shape index (κ2) is 8.41. The summed E-state index contributed by atoms with van der Waals surface area (Å²) in [6.45, 7) is 2.40. The molecule has 0 amide bonds. The first-order chi connectivity index (χ1) is 10.3. The molecular weight excluding hydrogens is 401 g/mol. The molecule has 1 aliphatic heterocycles. The lowest BCUT2D eigenvalue weighted by Gasteiger charge is -2.36. The molecule has 1 aromatic carbocycles. The zero-order valence-electron chi connectivity index (χ0n) is 12.5. The number of hydrogen-bond donors (Lipinski definition) is 2. The van der Waals surface area contributed by atoms with Crippen LogP contribution in [0.1, 0.15) is 18.0 Å². The van der Waals surface area contributed by atoms with Crippen molar-refractivity contribution in [3.8, 4) is 11.5 Å². The maximum atomic E-state index is 13.0. The SMILES string of the molecule is COc1cc([C@H](CC(F)(F)F)N2CCNCC2)cc(Br)c1O.Cl. The lowest BCUT2D eigenvalue weighted by molar-refractivity contribution is -0.148. The number of nitrogens with one attached hydrogen (secondary N) is 1. The molecule has 2 rings (SSSR count). The van der Waals surface area contributed by atoms with Gasteiger partial charge >= 0.3 is 6.18 Å². The second-order valence-electron chi connectivity index (χ2n) is 5.17. The maximum Gasteiger partial charge on any atom is 0.390 e. The quantitative estimate of drug-likeness (QED) is 0.784. The van der Waals surface area contributed by atoms with Crippen molar-refractivity contribution in [2.24, 2.45) is 0 Å². The molecule has 23 heavy (non-hydrogen) atoms. The molecule has 4 nitrogen and oxygen atoms in total. The molecule has 1 aliphatic rings. The summed E-state index contributed by atoms with van der Waals surface area (Å²) in [4.78, 5) is 1.81. The Balaban J connectivity index is 0.00000264. The number of benzene rings is 1. The first-order valence-corrected chi connectivity index (χ1v) is 7.69. The average molecular weight is 420 g/mol. The Bertz CT molecular complexity index is 525. The number of piperazine rings is 1. The van der Waals surface area contributed by atoms with Gasteiger partial charge in [0.2, 0.25) is 0 Å². The molecule has 1 heterocycles. The molecule has 1 atom stereocenters. The summed E-state index contributed by atoms with van der Waals surface area (Å²) in [6, 6.07) is 2.20. The monoisotopic (exact) mass is 418 g/mol. The molecule has 0 unspecified atom stereocenters. The Kier molecular flexibility index (Phi) is 7.44. The minimum Gasteiger partial charge on any atom is -0.503 e. The van der Waals surface area contributed by atoms with E-state index in [1.807, 2.05) is 4.90 Å². The van der Waals surface area contributed by atoms with Gasteiger partial charge in [-0.05, 0) is 33.6 Å². The van der Waals surface area contributed by atoms with E-state index in [1.165, 1.54) is 19.2 Å². The van der Waals surface area contributed by atoms with Gasteiger partial charge in [0.1, 0.15) is 0 Å². The third kappa shape index (κ3) is 5.41. The summed E-state index contributed by atoms with van der Waals surface area (Å²) >= 11 is 3.17. The number of ether oxygens (including phenoxy) is 1. The summed E-state index contributed by atoms with van der Waals surface area (Å²) in [7, 11) is 1.37. The fourth-order valence-corrected chi connectivity index (χ4v) is 3.07. The van der Waals surface area contributed by atoms with Crippen molar-refractivity contribution in [1.29, 1.82) is 0 Å². The average Bonchev–Trinajstić information content (AvgIpc) is 2.47. The van der Waals surface area contributed by atoms with Gasteiger partial charge in [0.05, 0.1) is 18.0 Å². The molecule has 1 aromatic rings. The van der Waals surface area contributed by atoms with Crippen LogP contribution in [0.4, 0.5) is 13.2 Å². The number of alkyl halides is 3. The summed E-state index contributed by atoms with van der Waals surface area (Å²) in [6.07, 6.45) is -5.21. The highest BCUT2D eigenvalue weighted by Crippen LogP contribution is 2.41. The molecule has 1 fully saturated rings. The Labute approximate surface area is 147 Å². The third-order valence-corrected chi connectivity index (χ3v) is 4.28. The zero-order valence-corrected chi connectivity index (χ0v) is 14.9. The molecule has 132 valence electrons. The summed E-state index contributed by atoms with van der Waals surface area (Å²) < 4.78 is 44.3. The zero-order chi connectivity index (χ0) is 16.3. The van der Waals surface area contributed by atoms with Crippen molar-refractivity contribution in [3.05, 3.63) is 22.2 Å². The van der Waals surface area contributed by atoms with Crippen LogP contribution in [-0.4, -0.2) is 49.5 Å². The van der Waals surface area contributed by atoms with Crippen LogP contribution >= 0.6 is 28.3 Å². The van der Waals surface area contributed by atoms with Crippen LogP contribution in [0.25, 0.3) is 0 Å². The van der Waals surface area contributed by atoms with E-state index in [2.05, 4.69) is 21.2 Å². The number of rotatable bonds is 4. The smallest absolute Gasteiger partial charge is 0.390 e. The van der Waals surface area contributed by atoms with Gasteiger partial charge in [-0.2, -0.15) is 13.2 Å². The molecule has 0 aromatic heterocycles. The molecule has 0 bridgehead atoms. The highest BCUT2D eigenvalue weighted by molar-refractivity contribution is 9.10. The predicted molar refractivity (Wildman–Crippen MR) is 87.5 cm³/mol. The summed E-state index contributed by atoms with van der Waals surface area (Å²) in [5.41, 5.74) is 0.473. The van der Waals surface area contributed by atoms with E-state index in [0.29, 0.717) is 36.2 Å².